The van der Waals surface area contributed by atoms with E-state index in [2.05, 4.69) is 4.98 Å². The third-order valence-corrected chi connectivity index (χ3v) is 5.14. The quantitative estimate of drug-likeness (QED) is 0.726. The third kappa shape index (κ3) is 2.94. The Balaban J connectivity index is 1.66. The number of hydrogen-bond acceptors (Lipinski definition) is 4. The van der Waals surface area contributed by atoms with Gasteiger partial charge in [-0.2, -0.15) is 0 Å². The normalized spacial score (nSPS) is 13.3. The molecular weight excluding hydrogens is 360 g/mol. The summed E-state index contributed by atoms with van der Waals surface area (Å²) in [5.41, 5.74) is 3.66. The topological polar surface area (TPSA) is 91.9 Å². The average Bonchev–Trinajstić information content (AvgIpc) is 3.09. The van der Waals surface area contributed by atoms with E-state index in [9.17, 15) is 14.7 Å². The summed E-state index contributed by atoms with van der Waals surface area (Å²) >= 11 is 0. The van der Waals surface area contributed by atoms with Gasteiger partial charge in [0, 0.05) is 47.2 Å². The van der Waals surface area contributed by atoms with Gasteiger partial charge in [-0.3, -0.25) is 4.79 Å². The van der Waals surface area contributed by atoms with Gasteiger partial charge in [0.15, 0.2) is 11.5 Å². The number of aromatic amines is 1. The molecule has 0 fully saturated rings. The number of methoxy groups -OCH3 is 2. The molecule has 0 spiro atoms. The Morgan fingerprint density at radius 3 is 2.50 bits per heavy atom. The number of H-pyrrole nitrogens is 1. The van der Waals surface area contributed by atoms with Crippen molar-refractivity contribution >= 4 is 22.8 Å². The maximum Gasteiger partial charge on any atom is 0.335 e. The first-order valence-corrected chi connectivity index (χ1v) is 8.90. The van der Waals surface area contributed by atoms with Gasteiger partial charge in [-0.1, -0.05) is 0 Å². The molecule has 28 heavy (non-hydrogen) atoms. The molecule has 1 aromatic heterocycles. The molecule has 3 aromatic rings. The number of fused-ring (bicyclic) bond motifs is 3. The molecule has 1 aliphatic rings. The van der Waals surface area contributed by atoms with E-state index in [-0.39, 0.29) is 11.5 Å². The van der Waals surface area contributed by atoms with Crippen LogP contribution in [-0.2, 0) is 13.0 Å². The fourth-order valence-corrected chi connectivity index (χ4v) is 3.67. The van der Waals surface area contributed by atoms with Crippen LogP contribution in [0.15, 0.2) is 36.4 Å². The van der Waals surface area contributed by atoms with E-state index in [0.29, 0.717) is 36.6 Å². The van der Waals surface area contributed by atoms with Gasteiger partial charge >= 0.3 is 5.97 Å². The summed E-state index contributed by atoms with van der Waals surface area (Å²) < 4.78 is 10.5. The van der Waals surface area contributed by atoms with Crippen LogP contribution in [0, 0.1) is 0 Å². The molecule has 0 atom stereocenters. The number of carbonyl (C=O) groups excluding carboxylic acids is 1. The number of carboxylic acid groups (broad SMARTS) is 1. The van der Waals surface area contributed by atoms with E-state index in [0.717, 1.165) is 22.2 Å². The molecule has 1 amide bonds. The zero-order valence-electron chi connectivity index (χ0n) is 15.6. The lowest BCUT2D eigenvalue weighted by Gasteiger charge is -2.27. The van der Waals surface area contributed by atoms with Crippen LogP contribution in [0.2, 0.25) is 0 Å². The Labute approximate surface area is 161 Å². The predicted molar refractivity (Wildman–Crippen MR) is 103 cm³/mol. The summed E-state index contributed by atoms with van der Waals surface area (Å²) in [5, 5.41) is 10.1. The maximum absolute atomic E-state index is 13.0. The zero-order valence-corrected chi connectivity index (χ0v) is 15.6. The molecular formula is C21H20N2O5. The highest BCUT2D eigenvalue weighted by Crippen LogP contribution is 2.31. The number of amides is 1. The standard InChI is InChI=1S/C21H20N2O5/c1-27-18-6-4-12(10-19(18)28-2)20(24)23-8-7-17-15(11-23)14-9-13(21(25)26)3-5-16(14)22-17/h3-6,9-10,22H,7-8,11H2,1-2H3,(H,25,26). The van der Waals surface area contributed by atoms with Gasteiger partial charge in [-0.05, 0) is 36.4 Å². The molecule has 7 nitrogen and oxygen atoms in total. The maximum atomic E-state index is 13.0. The number of carbonyl (C=O) groups is 2. The van der Waals surface area contributed by atoms with Crippen LogP contribution >= 0.6 is 0 Å². The van der Waals surface area contributed by atoms with Crippen LogP contribution in [0.3, 0.4) is 0 Å². The molecule has 0 bridgehead atoms. The van der Waals surface area contributed by atoms with Crippen molar-refractivity contribution in [1.82, 2.24) is 9.88 Å². The van der Waals surface area contributed by atoms with Crippen LogP contribution in [-0.4, -0.2) is 47.6 Å². The van der Waals surface area contributed by atoms with Crippen molar-refractivity contribution in [2.75, 3.05) is 20.8 Å². The minimum absolute atomic E-state index is 0.102. The van der Waals surface area contributed by atoms with Gasteiger partial charge in [0.1, 0.15) is 0 Å². The smallest absolute Gasteiger partial charge is 0.335 e. The van der Waals surface area contributed by atoms with Crippen LogP contribution in [0.25, 0.3) is 10.9 Å². The van der Waals surface area contributed by atoms with Crippen molar-refractivity contribution in [3.05, 3.63) is 58.8 Å². The third-order valence-electron chi connectivity index (χ3n) is 5.14. The van der Waals surface area contributed by atoms with E-state index < -0.39 is 5.97 Å². The lowest BCUT2D eigenvalue weighted by molar-refractivity contribution is 0.0694. The second-order valence-corrected chi connectivity index (χ2v) is 6.69. The first-order chi connectivity index (χ1) is 13.5. The molecule has 1 aliphatic heterocycles. The van der Waals surface area contributed by atoms with Crippen molar-refractivity contribution in [3.8, 4) is 11.5 Å². The highest BCUT2D eigenvalue weighted by Gasteiger charge is 2.26. The van der Waals surface area contributed by atoms with Gasteiger partial charge in [-0.25, -0.2) is 4.79 Å². The summed E-state index contributed by atoms with van der Waals surface area (Å²) in [6, 6.07) is 10.1. The number of ether oxygens (including phenoxy) is 2. The van der Waals surface area contributed by atoms with Crippen LogP contribution in [0.1, 0.15) is 32.0 Å². The van der Waals surface area contributed by atoms with E-state index in [1.54, 1.807) is 48.4 Å². The molecule has 2 heterocycles. The molecule has 144 valence electrons. The lowest BCUT2D eigenvalue weighted by atomic mass is 10.0. The fraction of sp³-hybridized carbons (Fsp3) is 0.238. The van der Waals surface area contributed by atoms with Crippen molar-refractivity contribution < 1.29 is 24.2 Å². The number of nitrogens with zero attached hydrogens (tertiary/aromatic N) is 1. The van der Waals surface area contributed by atoms with E-state index in [1.807, 2.05) is 0 Å². The molecule has 7 heteroatoms. The van der Waals surface area contributed by atoms with E-state index in [4.69, 9.17) is 9.47 Å². The van der Waals surface area contributed by atoms with Gasteiger partial charge < -0.3 is 24.5 Å². The molecule has 0 aliphatic carbocycles. The first kappa shape index (κ1) is 17.9. The lowest BCUT2D eigenvalue weighted by Crippen LogP contribution is -2.35. The summed E-state index contributed by atoms with van der Waals surface area (Å²) in [6.45, 7) is 1.00. The number of aromatic nitrogens is 1. The number of rotatable bonds is 4. The second kappa shape index (κ2) is 6.92. The SMILES string of the molecule is COc1ccc(C(=O)N2CCc3[nH]c4ccc(C(=O)O)cc4c3C2)cc1OC. The van der Waals surface area contributed by atoms with Crippen molar-refractivity contribution in [3.63, 3.8) is 0 Å². The summed E-state index contributed by atoms with van der Waals surface area (Å²) in [5.74, 6) is 0.00307. The fourth-order valence-electron chi connectivity index (χ4n) is 3.67. The molecule has 0 saturated carbocycles. The molecule has 2 N–H and O–H groups in total. The van der Waals surface area contributed by atoms with Gasteiger partial charge in [0.2, 0.25) is 0 Å². The van der Waals surface area contributed by atoms with E-state index in [1.165, 1.54) is 7.11 Å². The molecule has 0 saturated heterocycles. The highest BCUT2D eigenvalue weighted by atomic mass is 16.5. The second-order valence-electron chi connectivity index (χ2n) is 6.69. The summed E-state index contributed by atoms with van der Waals surface area (Å²) in [4.78, 5) is 29.5. The highest BCUT2D eigenvalue weighted by molar-refractivity contribution is 5.97. The van der Waals surface area contributed by atoms with Crippen molar-refractivity contribution in [2.45, 2.75) is 13.0 Å². The largest absolute Gasteiger partial charge is 0.493 e. The summed E-state index contributed by atoms with van der Waals surface area (Å²) in [6.07, 6.45) is 0.686. The molecule has 0 radical (unpaired) electrons. The first-order valence-electron chi connectivity index (χ1n) is 8.90. The Hall–Kier alpha value is -3.48. The van der Waals surface area contributed by atoms with Crippen LogP contribution in [0.4, 0.5) is 0 Å². The minimum Gasteiger partial charge on any atom is -0.493 e. The predicted octanol–water partition coefficient (Wildman–Crippen LogP) is 3.08. The Bertz CT molecular complexity index is 1090. The van der Waals surface area contributed by atoms with Crippen molar-refractivity contribution in [1.29, 1.82) is 0 Å². The number of aromatic carboxylic acids is 1. The van der Waals surface area contributed by atoms with Crippen LogP contribution in [0.5, 0.6) is 11.5 Å². The number of hydrogen-bond donors (Lipinski definition) is 2. The Morgan fingerprint density at radius 2 is 1.79 bits per heavy atom. The van der Waals surface area contributed by atoms with Gasteiger partial charge in [0.05, 0.1) is 19.8 Å². The number of nitrogens with one attached hydrogen (secondary N) is 1. The Kier molecular flexibility index (Phi) is 4.43. The number of benzene rings is 2. The molecule has 4 rings (SSSR count). The van der Waals surface area contributed by atoms with Gasteiger partial charge in [0.25, 0.3) is 5.91 Å². The minimum atomic E-state index is -0.967. The molecule has 0 unspecified atom stereocenters. The van der Waals surface area contributed by atoms with E-state index >= 15 is 0 Å². The average molecular weight is 380 g/mol. The zero-order chi connectivity index (χ0) is 19.8. The van der Waals surface area contributed by atoms with Crippen LogP contribution < -0.4 is 9.47 Å². The van der Waals surface area contributed by atoms with Crippen molar-refractivity contribution in [2.24, 2.45) is 0 Å². The molecule has 2 aromatic carbocycles. The Morgan fingerprint density at radius 1 is 1.04 bits per heavy atom. The summed E-state index contributed by atoms with van der Waals surface area (Å²) in [7, 11) is 3.08. The monoisotopic (exact) mass is 380 g/mol. The number of carboxylic acids is 1. The van der Waals surface area contributed by atoms with Gasteiger partial charge in [-0.15, -0.1) is 0 Å².